The van der Waals surface area contributed by atoms with E-state index in [9.17, 15) is 13.2 Å². The minimum Gasteiger partial charge on any atom is -0.490 e. The fraction of sp³-hybridized carbons (Fsp3) is 0.286. The lowest BCUT2D eigenvalue weighted by molar-refractivity contribution is -0.117. The SMILES string of the molecule is CNS(=O)(=O)c1ccc(/C=C/C(=O)NC(C)c2ccc3c(c2)OCCCO3)cc1. The van der Waals surface area contributed by atoms with Crippen LogP contribution in [-0.2, 0) is 14.8 Å². The Balaban J connectivity index is 1.62. The molecule has 2 aromatic carbocycles. The molecule has 0 bridgehead atoms. The average Bonchev–Trinajstić information content (AvgIpc) is 2.97. The molecule has 1 aliphatic rings. The molecular formula is C21H24N2O5S. The molecule has 3 rings (SSSR count). The van der Waals surface area contributed by atoms with E-state index in [1.807, 2.05) is 25.1 Å². The molecule has 0 radical (unpaired) electrons. The van der Waals surface area contributed by atoms with Crippen LogP contribution in [-0.4, -0.2) is 34.6 Å². The predicted molar refractivity (Wildman–Crippen MR) is 110 cm³/mol. The monoisotopic (exact) mass is 416 g/mol. The van der Waals surface area contributed by atoms with Gasteiger partial charge in [-0.2, -0.15) is 0 Å². The second kappa shape index (κ2) is 9.11. The Bertz CT molecular complexity index is 1000. The van der Waals surface area contributed by atoms with E-state index in [0.29, 0.717) is 24.7 Å². The fourth-order valence-electron chi connectivity index (χ4n) is 2.84. The van der Waals surface area contributed by atoms with Gasteiger partial charge in [-0.15, -0.1) is 0 Å². The van der Waals surface area contributed by atoms with Gasteiger partial charge in [0.25, 0.3) is 0 Å². The Morgan fingerprint density at radius 3 is 2.45 bits per heavy atom. The van der Waals surface area contributed by atoms with Crippen LogP contribution in [0.2, 0.25) is 0 Å². The number of benzene rings is 2. The molecule has 154 valence electrons. The van der Waals surface area contributed by atoms with Gasteiger partial charge in [-0.1, -0.05) is 18.2 Å². The lowest BCUT2D eigenvalue weighted by Crippen LogP contribution is -2.24. The Morgan fingerprint density at radius 2 is 1.76 bits per heavy atom. The van der Waals surface area contributed by atoms with Crippen molar-refractivity contribution in [2.75, 3.05) is 20.3 Å². The van der Waals surface area contributed by atoms with Gasteiger partial charge >= 0.3 is 0 Å². The molecule has 1 unspecified atom stereocenters. The van der Waals surface area contributed by atoms with Crippen molar-refractivity contribution in [1.82, 2.24) is 10.0 Å². The fourth-order valence-corrected chi connectivity index (χ4v) is 3.57. The molecule has 1 heterocycles. The van der Waals surface area contributed by atoms with Crippen molar-refractivity contribution in [3.63, 3.8) is 0 Å². The van der Waals surface area contributed by atoms with Gasteiger partial charge in [0, 0.05) is 12.5 Å². The molecular weight excluding hydrogens is 392 g/mol. The van der Waals surface area contributed by atoms with Crippen molar-refractivity contribution in [3.05, 3.63) is 59.7 Å². The molecule has 29 heavy (non-hydrogen) atoms. The molecule has 7 nitrogen and oxygen atoms in total. The van der Waals surface area contributed by atoms with E-state index in [1.165, 1.54) is 25.3 Å². The van der Waals surface area contributed by atoms with Crippen LogP contribution in [0.15, 0.2) is 53.4 Å². The largest absolute Gasteiger partial charge is 0.490 e. The van der Waals surface area contributed by atoms with Crippen molar-refractivity contribution in [2.45, 2.75) is 24.3 Å². The van der Waals surface area contributed by atoms with E-state index in [4.69, 9.17) is 9.47 Å². The highest BCUT2D eigenvalue weighted by Gasteiger charge is 2.14. The highest BCUT2D eigenvalue weighted by molar-refractivity contribution is 7.89. The minimum atomic E-state index is -3.47. The zero-order valence-electron chi connectivity index (χ0n) is 16.3. The molecule has 1 amide bonds. The Hall–Kier alpha value is -2.84. The Labute approximate surface area is 170 Å². The maximum Gasteiger partial charge on any atom is 0.244 e. The summed E-state index contributed by atoms with van der Waals surface area (Å²) in [6, 6.07) is 11.7. The average molecular weight is 416 g/mol. The third kappa shape index (κ3) is 5.36. The van der Waals surface area contributed by atoms with E-state index in [-0.39, 0.29) is 16.8 Å². The van der Waals surface area contributed by atoms with E-state index in [2.05, 4.69) is 10.0 Å². The van der Waals surface area contributed by atoms with Crippen molar-refractivity contribution in [3.8, 4) is 11.5 Å². The van der Waals surface area contributed by atoms with Gasteiger partial charge in [-0.25, -0.2) is 13.1 Å². The smallest absolute Gasteiger partial charge is 0.244 e. The number of carbonyl (C=O) groups excluding carboxylic acids is 1. The van der Waals surface area contributed by atoms with Crippen LogP contribution < -0.4 is 19.5 Å². The summed E-state index contributed by atoms with van der Waals surface area (Å²) in [4.78, 5) is 12.4. The number of fused-ring (bicyclic) bond motifs is 1. The molecule has 1 atom stereocenters. The highest BCUT2D eigenvalue weighted by Crippen LogP contribution is 2.32. The van der Waals surface area contributed by atoms with Gasteiger partial charge in [-0.05, 0) is 55.4 Å². The van der Waals surface area contributed by atoms with Gasteiger partial charge in [0.05, 0.1) is 24.2 Å². The number of nitrogens with one attached hydrogen (secondary N) is 2. The van der Waals surface area contributed by atoms with E-state index < -0.39 is 10.0 Å². The third-order valence-corrected chi connectivity index (χ3v) is 5.95. The highest BCUT2D eigenvalue weighted by atomic mass is 32.2. The van der Waals surface area contributed by atoms with Crippen molar-refractivity contribution in [2.24, 2.45) is 0 Å². The maximum absolute atomic E-state index is 12.3. The normalized spacial score (nSPS) is 15.0. The molecule has 2 N–H and O–H groups in total. The van der Waals surface area contributed by atoms with Crippen molar-refractivity contribution < 1.29 is 22.7 Å². The summed E-state index contributed by atoms with van der Waals surface area (Å²) in [6.45, 7) is 3.13. The summed E-state index contributed by atoms with van der Waals surface area (Å²) in [5, 5.41) is 2.91. The third-order valence-electron chi connectivity index (χ3n) is 4.52. The minimum absolute atomic E-state index is 0.171. The second-order valence-corrected chi connectivity index (χ2v) is 8.48. The molecule has 1 aliphatic heterocycles. The topological polar surface area (TPSA) is 93.7 Å². The molecule has 0 fully saturated rings. The van der Waals surface area contributed by atoms with Gasteiger partial charge in [-0.3, -0.25) is 4.79 Å². The van der Waals surface area contributed by atoms with Gasteiger partial charge in [0.2, 0.25) is 15.9 Å². The van der Waals surface area contributed by atoms with Crippen molar-refractivity contribution in [1.29, 1.82) is 0 Å². The number of sulfonamides is 1. The van der Waals surface area contributed by atoms with Crippen LogP contribution in [0.4, 0.5) is 0 Å². The maximum atomic E-state index is 12.3. The molecule has 0 aromatic heterocycles. The molecule has 2 aromatic rings. The lowest BCUT2D eigenvalue weighted by Gasteiger charge is -2.15. The standard InChI is InChI=1S/C21H24N2O5S/c1-15(17-7-10-19-20(14-17)28-13-3-12-27-19)23-21(24)11-6-16-4-8-18(9-5-16)29(25,26)22-2/h4-11,14-15,22H,3,12-13H2,1-2H3,(H,23,24)/b11-6+. The summed E-state index contributed by atoms with van der Waals surface area (Å²) in [5.41, 5.74) is 1.64. The lowest BCUT2D eigenvalue weighted by atomic mass is 10.1. The van der Waals surface area contributed by atoms with Gasteiger partial charge in [0.1, 0.15) is 0 Å². The Kier molecular flexibility index (Phi) is 6.56. The molecule has 0 saturated carbocycles. The Morgan fingerprint density at radius 1 is 1.07 bits per heavy atom. The number of carbonyl (C=O) groups is 1. The van der Waals surface area contributed by atoms with Crippen molar-refractivity contribution >= 4 is 22.0 Å². The van der Waals surface area contributed by atoms with E-state index in [0.717, 1.165) is 17.5 Å². The first-order valence-corrected chi connectivity index (χ1v) is 10.8. The van der Waals surface area contributed by atoms with Crippen LogP contribution in [0.3, 0.4) is 0 Å². The number of ether oxygens (including phenoxy) is 2. The molecule has 0 spiro atoms. The van der Waals surface area contributed by atoms with Crippen LogP contribution in [0.5, 0.6) is 11.5 Å². The van der Waals surface area contributed by atoms with Crippen LogP contribution >= 0.6 is 0 Å². The number of amides is 1. The quantitative estimate of drug-likeness (QED) is 0.706. The zero-order valence-corrected chi connectivity index (χ0v) is 17.2. The summed E-state index contributed by atoms with van der Waals surface area (Å²) < 4.78 is 37.0. The van der Waals surface area contributed by atoms with Crippen LogP contribution in [0.25, 0.3) is 6.08 Å². The summed E-state index contributed by atoms with van der Waals surface area (Å²) in [5.74, 6) is 1.15. The van der Waals surface area contributed by atoms with Gasteiger partial charge < -0.3 is 14.8 Å². The van der Waals surface area contributed by atoms with Gasteiger partial charge in [0.15, 0.2) is 11.5 Å². The molecule has 8 heteroatoms. The van der Waals surface area contributed by atoms with Crippen LogP contribution in [0.1, 0.15) is 30.5 Å². The summed E-state index contributed by atoms with van der Waals surface area (Å²) in [7, 11) is -2.12. The first kappa shape index (κ1) is 20.9. The van der Waals surface area contributed by atoms with Crippen LogP contribution in [0, 0.1) is 0 Å². The zero-order chi connectivity index (χ0) is 20.9. The molecule has 0 saturated heterocycles. The summed E-state index contributed by atoms with van der Waals surface area (Å²) >= 11 is 0. The van der Waals surface area contributed by atoms with E-state index in [1.54, 1.807) is 18.2 Å². The number of hydrogen-bond acceptors (Lipinski definition) is 5. The van der Waals surface area contributed by atoms with E-state index >= 15 is 0 Å². The predicted octanol–water partition coefficient (Wildman–Crippen LogP) is 2.65. The second-order valence-electron chi connectivity index (χ2n) is 6.60. The number of rotatable bonds is 6. The first-order chi connectivity index (χ1) is 13.9. The first-order valence-electron chi connectivity index (χ1n) is 9.31. The summed E-state index contributed by atoms with van der Waals surface area (Å²) in [6.07, 6.45) is 3.88. The molecule has 0 aliphatic carbocycles. The number of hydrogen-bond donors (Lipinski definition) is 2.